The number of carbonyl (C=O) groups is 2. The fourth-order valence-electron chi connectivity index (χ4n) is 4.29. The molecule has 3 aromatic rings. The standard InChI is InChI=1S/C26H29FN4O7S/c1-6-29-24(35)26(3,4)31-21(32)19-14(2)20(23(33)34)39-22(19)30(25(31)36)13-18(38-11-7-10-28)16-12-15(27)8-9-17(16)37-5/h8-9,12,18H,6-7,11,13H2,1-5H3,(H,29,35)(H,33,34)/t18-/m0/s1. The van der Waals surface area contributed by atoms with Crippen molar-refractivity contribution in [2.45, 2.75) is 52.3 Å². The molecule has 3 rings (SSSR count). The third-order valence-corrected chi connectivity index (χ3v) is 7.58. The predicted molar refractivity (Wildman–Crippen MR) is 142 cm³/mol. The third kappa shape index (κ3) is 5.57. The summed E-state index contributed by atoms with van der Waals surface area (Å²) in [5.41, 5.74) is -2.96. The second kappa shape index (κ2) is 11.8. The number of rotatable bonds is 11. The van der Waals surface area contributed by atoms with E-state index in [1.54, 1.807) is 6.92 Å². The van der Waals surface area contributed by atoms with Crippen LogP contribution >= 0.6 is 11.3 Å². The number of aromatic carboxylic acids is 1. The van der Waals surface area contributed by atoms with Crippen molar-refractivity contribution in [2.75, 3.05) is 20.3 Å². The van der Waals surface area contributed by atoms with E-state index in [9.17, 15) is 28.7 Å². The van der Waals surface area contributed by atoms with Crippen LogP contribution in [0.1, 0.15) is 54.1 Å². The predicted octanol–water partition coefficient (Wildman–Crippen LogP) is 2.92. The van der Waals surface area contributed by atoms with Gasteiger partial charge in [0, 0.05) is 12.1 Å². The van der Waals surface area contributed by atoms with E-state index >= 15 is 0 Å². The summed E-state index contributed by atoms with van der Waals surface area (Å²) < 4.78 is 27.5. The molecule has 0 bridgehead atoms. The Morgan fingerprint density at radius 1 is 1.31 bits per heavy atom. The van der Waals surface area contributed by atoms with Crippen molar-refractivity contribution < 1.29 is 28.6 Å². The van der Waals surface area contributed by atoms with Crippen LogP contribution in [0.5, 0.6) is 5.75 Å². The van der Waals surface area contributed by atoms with E-state index in [2.05, 4.69) is 5.32 Å². The minimum atomic E-state index is -1.65. The van der Waals surface area contributed by atoms with Crippen molar-refractivity contribution in [1.82, 2.24) is 14.5 Å². The average molecular weight is 561 g/mol. The Balaban J connectivity index is 2.38. The van der Waals surface area contributed by atoms with Gasteiger partial charge in [-0.2, -0.15) is 5.26 Å². The number of likely N-dealkylation sites (N-methyl/N-ethyl adjacent to an activating group) is 1. The Hall–Kier alpha value is -4.02. The number of halogens is 1. The van der Waals surface area contributed by atoms with E-state index in [0.29, 0.717) is 0 Å². The Morgan fingerprint density at radius 2 is 2.00 bits per heavy atom. The number of nitrogens with zero attached hydrogens (tertiary/aromatic N) is 3. The van der Waals surface area contributed by atoms with Crippen molar-refractivity contribution >= 4 is 33.4 Å². The van der Waals surface area contributed by atoms with Gasteiger partial charge in [0.05, 0.1) is 38.1 Å². The summed E-state index contributed by atoms with van der Waals surface area (Å²) in [7, 11) is 1.38. The molecule has 208 valence electrons. The molecule has 0 saturated carbocycles. The largest absolute Gasteiger partial charge is 0.496 e. The minimum absolute atomic E-state index is 0.00340. The highest BCUT2D eigenvalue weighted by atomic mass is 32.1. The molecule has 1 amide bonds. The molecule has 0 spiro atoms. The minimum Gasteiger partial charge on any atom is -0.496 e. The van der Waals surface area contributed by atoms with Gasteiger partial charge in [-0.3, -0.25) is 14.2 Å². The van der Waals surface area contributed by atoms with E-state index in [1.165, 1.54) is 46.1 Å². The van der Waals surface area contributed by atoms with E-state index < -0.39 is 40.6 Å². The normalized spacial score (nSPS) is 12.2. The summed E-state index contributed by atoms with van der Waals surface area (Å²) in [6.07, 6.45) is -1.04. The molecule has 0 radical (unpaired) electrons. The van der Waals surface area contributed by atoms with Crippen LogP contribution in [-0.4, -0.2) is 46.4 Å². The fraction of sp³-hybridized carbons (Fsp3) is 0.423. The van der Waals surface area contributed by atoms with Gasteiger partial charge >= 0.3 is 11.7 Å². The van der Waals surface area contributed by atoms with Crippen molar-refractivity contribution in [3.05, 3.63) is 60.9 Å². The van der Waals surface area contributed by atoms with Crippen LogP contribution in [0.3, 0.4) is 0 Å². The maximum absolute atomic E-state index is 14.3. The highest BCUT2D eigenvalue weighted by Crippen LogP contribution is 2.33. The van der Waals surface area contributed by atoms with Gasteiger partial charge in [-0.05, 0) is 51.5 Å². The zero-order chi connectivity index (χ0) is 29.1. The Morgan fingerprint density at radius 3 is 2.59 bits per heavy atom. The highest BCUT2D eigenvalue weighted by Gasteiger charge is 2.36. The zero-order valence-electron chi connectivity index (χ0n) is 22.2. The molecule has 0 saturated heterocycles. The number of amides is 1. The van der Waals surface area contributed by atoms with Crippen molar-refractivity contribution in [2.24, 2.45) is 0 Å². The van der Waals surface area contributed by atoms with Crippen LogP contribution in [0.25, 0.3) is 10.2 Å². The molecule has 0 fully saturated rings. The molecule has 0 aliphatic heterocycles. The number of hydrogen-bond donors (Lipinski definition) is 2. The number of nitriles is 1. The highest BCUT2D eigenvalue weighted by molar-refractivity contribution is 7.20. The van der Waals surface area contributed by atoms with Gasteiger partial charge in [-0.15, -0.1) is 11.3 Å². The summed E-state index contributed by atoms with van der Waals surface area (Å²) >= 11 is 0.740. The number of nitrogens with one attached hydrogen (secondary N) is 1. The fourth-order valence-corrected chi connectivity index (χ4v) is 5.43. The van der Waals surface area contributed by atoms with E-state index in [-0.39, 0.29) is 58.1 Å². The molecule has 1 atom stereocenters. The lowest BCUT2D eigenvalue weighted by Crippen LogP contribution is -2.55. The molecular formula is C26H29FN4O7S. The molecule has 2 heterocycles. The Kier molecular flexibility index (Phi) is 8.93. The van der Waals surface area contributed by atoms with Crippen LogP contribution in [0.2, 0.25) is 0 Å². The first-order chi connectivity index (χ1) is 18.4. The van der Waals surface area contributed by atoms with Gasteiger partial charge in [-0.1, -0.05) is 0 Å². The molecule has 2 N–H and O–H groups in total. The molecule has 0 unspecified atom stereocenters. The smallest absolute Gasteiger partial charge is 0.346 e. The molecule has 0 aliphatic carbocycles. The van der Waals surface area contributed by atoms with Crippen molar-refractivity contribution in [3.63, 3.8) is 0 Å². The molecular weight excluding hydrogens is 531 g/mol. The van der Waals surface area contributed by atoms with Gasteiger partial charge in [0.1, 0.15) is 32.9 Å². The first kappa shape index (κ1) is 29.5. The number of ether oxygens (including phenoxy) is 2. The number of thiophene rings is 1. The maximum Gasteiger partial charge on any atom is 0.346 e. The summed E-state index contributed by atoms with van der Waals surface area (Å²) in [5.74, 6) is -2.21. The number of methoxy groups -OCH3 is 1. The van der Waals surface area contributed by atoms with Gasteiger partial charge < -0.3 is 19.9 Å². The lowest BCUT2D eigenvalue weighted by atomic mass is 10.0. The van der Waals surface area contributed by atoms with Crippen LogP contribution in [0.4, 0.5) is 4.39 Å². The third-order valence-electron chi connectivity index (χ3n) is 6.28. The second-order valence-corrected chi connectivity index (χ2v) is 10.1. The number of aryl methyl sites for hydroxylation is 1. The quantitative estimate of drug-likeness (QED) is 0.340. The maximum atomic E-state index is 14.3. The number of benzene rings is 1. The Bertz CT molecular complexity index is 1580. The van der Waals surface area contributed by atoms with Gasteiger partial charge in [0.15, 0.2) is 0 Å². The summed E-state index contributed by atoms with van der Waals surface area (Å²) in [6, 6.07) is 5.71. The monoisotopic (exact) mass is 560 g/mol. The van der Waals surface area contributed by atoms with E-state index in [4.69, 9.17) is 14.7 Å². The first-order valence-corrected chi connectivity index (χ1v) is 12.8. The van der Waals surface area contributed by atoms with Gasteiger partial charge in [-0.25, -0.2) is 18.5 Å². The van der Waals surface area contributed by atoms with E-state index in [1.807, 2.05) is 6.07 Å². The van der Waals surface area contributed by atoms with Crippen LogP contribution < -0.4 is 21.3 Å². The van der Waals surface area contributed by atoms with Crippen LogP contribution in [-0.2, 0) is 21.6 Å². The van der Waals surface area contributed by atoms with Crippen molar-refractivity contribution in [3.8, 4) is 11.8 Å². The van der Waals surface area contributed by atoms with Gasteiger partial charge in [0.2, 0.25) is 5.91 Å². The molecule has 1 aromatic carbocycles. The molecule has 39 heavy (non-hydrogen) atoms. The molecule has 13 heteroatoms. The number of carbonyl (C=O) groups excluding carboxylic acids is 1. The number of aromatic nitrogens is 2. The number of carboxylic acid groups (broad SMARTS) is 1. The van der Waals surface area contributed by atoms with Crippen molar-refractivity contribution in [1.29, 1.82) is 5.26 Å². The topological polar surface area (TPSA) is 153 Å². The number of hydrogen-bond acceptors (Lipinski definition) is 8. The zero-order valence-corrected chi connectivity index (χ0v) is 23.0. The van der Waals surface area contributed by atoms with Gasteiger partial charge in [0.25, 0.3) is 5.56 Å². The second-order valence-electron chi connectivity index (χ2n) is 9.15. The SMILES string of the molecule is CCNC(=O)C(C)(C)n1c(=O)c2c(C)c(C(=O)O)sc2n(C[C@H](OCCC#N)c2cc(F)ccc2OC)c1=O. The number of carboxylic acids is 1. The lowest BCUT2D eigenvalue weighted by molar-refractivity contribution is -0.128. The molecule has 0 aliphatic rings. The van der Waals surface area contributed by atoms with E-state index in [0.717, 1.165) is 20.5 Å². The van der Waals surface area contributed by atoms with Crippen LogP contribution in [0.15, 0.2) is 27.8 Å². The lowest BCUT2D eigenvalue weighted by Gasteiger charge is -2.27. The summed E-state index contributed by atoms with van der Waals surface area (Å²) in [4.78, 5) is 52.4. The summed E-state index contributed by atoms with van der Waals surface area (Å²) in [6.45, 7) is 5.86. The average Bonchev–Trinajstić information content (AvgIpc) is 3.23. The van der Waals surface area contributed by atoms with Crippen LogP contribution in [0, 0.1) is 24.1 Å². The number of fused-ring (bicyclic) bond motifs is 1. The molecule has 11 nitrogen and oxygen atoms in total. The summed E-state index contributed by atoms with van der Waals surface area (Å²) in [5, 5.41) is 21.3. The Labute approximate surface area is 227 Å². The first-order valence-electron chi connectivity index (χ1n) is 12.0. The molecule has 2 aromatic heterocycles.